The number of benzene rings is 2. The van der Waals surface area contributed by atoms with Gasteiger partial charge in [0.15, 0.2) is 9.84 Å². The Morgan fingerprint density at radius 1 is 1.09 bits per heavy atom. The Kier molecular flexibility index (Phi) is 9.44. The van der Waals surface area contributed by atoms with E-state index in [1.54, 1.807) is 49.4 Å². The zero-order valence-corrected chi connectivity index (χ0v) is 27.8. The van der Waals surface area contributed by atoms with Crippen LogP contribution in [0, 0.1) is 17.3 Å². The van der Waals surface area contributed by atoms with Crippen LogP contribution >= 0.6 is 0 Å². The highest BCUT2D eigenvalue weighted by molar-refractivity contribution is 7.91. The first-order valence-electron chi connectivity index (χ1n) is 16.3. The third kappa shape index (κ3) is 7.08. The first kappa shape index (κ1) is 33.5. The Bertz CT molecular complexity index is 1760. The molecule has 0 atom stereocenters. The Morgan fingerprint density at radius 2 is 1.81 bits per heavy atom. The van der Waals surface area contributed by atoms with Crippen LogP contribution in [0.1, 0.15) is 51.1 Å². The highest BCUT2D eigenvalue weighted by Gasteiger charge is 2.43. The topological polar surface area (TPSA) is 90.0 Å². The SMILES string of the molecule is CCS(=O)(=O)c1ccc(N(CC#Cc2cc3c(N)cccc3n2CC(F)(F)F)C2CCC(N3CCC4(CC3)COC4)CC2)c(OC)c1. The van der Waals surface area contributed by atoms with Crippen molar-refractivity contribution in [3.63, 3.8) is 0 Å². The maximum absolute atomic E-state index is 13.6. The van der Waals surface area contributed by atoms with Crippen LogP contribution in [0.5, 0.6) is 5.75 Å². The lowest BCUT2D eigenvalue weighted by Gasteiger charge is -2.50. The summed E-state index contributed by atoms with van der Waals surface area (Å²) in [5.74, 6) is 6.56. The average molecular weight is 673 g/mol. The highest BCUT2D eigenvalue weighted by atomic mass is 32.2. The zero-order chi connectivity index (χ0) is 33.4. The number of rotatable bonds is 8. The molecule has 3 fully saturated rings. The number of hydrogen-bond donors (Lipinski definition) is 1. The molecule has 1 aromatic heterocycles. The fourth-order valence-corrected chi connectivity index (χ4v) is 8.32. The lowest BCUT2D eigenvalue weighted by Crippen LogP contribution is -2.54. The number of alkyl halides is 3. The molecule has 47 heavy (non-hydrogen) atoms. The Balaban J connectivity index is 1.28. The fraction of sp³-hybridized carbons (Fsp3) is 0.543. The number of halogens is 3. The van der Waals surface area contributed by atoms with Gasteiger partial charge in [-0.15, -0.1) is 0 Å². The Labute approximate surface area is 274 Å². The van der Waals surface area contributed by atoms with Crippen LogP contribution in [0.4, 0.5) is 24.5 Å². The minimum atomic E-state index is -4.44. The van der Waals surface area contributed by atoms with Crippen LogP contribution in [0.2, 0.25) is 0 Å². The summed E-state index contributed by atoms with van der Waals surface area (Å²) in [6.45, 7) is 4.59. The van der Waals surface area contributed by atoms with E-state index in [2.05, 4.69) is 21.6 Å². The molecule has 1 spiro atoms. The second-order valence-corrected chi connectivity index (χ2v) is 15.4. The number of fused-ring (bicyclic) bond motifs is 1. The molecule has 2 aliphatic heterocycles. The number of sulfone groups is 1. The van der Waals surface area contributed by atoms with Crippen molar-refractivity contribution in [3.05, 3.63) is 48.2 Å². The van der Waals surface area contributed by atoms with Gasteiger partial charge in [0, 0.05) is 34.6 Å². The molecule has 0 unspecified atom stereocenters. The molecular formula is C35H43F3N4O4S. The van der Waals surface area contributed by atoms with Crippen molar-refractivity contribution in [2.75, 3.05) is 56.3 Å². The molecule has 0 bridgehead atoms. The molecule has 0 radical (unpaired) electrons. The predicted octanol–water partition coefficient (Wildman–Crippen LogP) is 5.87. The normalized spacial score (nSPS) is 21.6. The van der Waals surface area contributed by atoms with Crippen molar-refractivity contribution in [2.24, 2.45) is 5.41 Å². The first-order chi connectivity index (χ1) is 22.4. The minimum absolute atomic E-state index is 0.0320. The molecule has 12 heteroatoms. The monoisotopic (exact) mass is 672 g/mol. The maximum Gasteiger partial charge on any atom is 0.406 e. The van der Waals surface area contributed by atoms with Gasteiger partial charge in [0.2, 0.25) is 0 Å². The van der Waals surface area contributed by atoms with Gasteiger partial charge in [0.25, 0.3) is 0 Å². The lowest BCUT2D eigenvalue weighted by atomic mass is 9.76. The predicted molar refractivity (Wildman–Crippen MR) is 177 cm³/mol. The molecule has 2 aromatic carbocycles. The number of nitrogens with two attached hydrogens (primary N) is 1. The number of ether oxygens (including phenoxy) is 2. The molecule has 3 aromatic rings. The number of nitrogens with zero attached hydrogens (tertiary/aromatic N) is 3. The summed E-state index contributed by atoms with van der Waals surface area (Å²) in [6, 6.07) is 12.0. The number of likely N-dealkylation sites (tertiary alicyclic amines) is 1. The van der Waals surface area contributed by atoms with Gasteiger partial charge in [-0.25, -0.2) is 8.42 Å². The first-order valence-corrected chi connectivity index (χ1v) is 18.0. The molecule has 6 rings (SSSR count). The molecule has 1 saturated carbocycles. The number of nitrogen functional groups attached to an aromatic ring is 1. The van der Waals surface area contributed by atoms with Crippen LogP contribution in [-0.4, -0.2) is 81.9 Å². The minimum Gasteiger partial charge on any atom is -0.495 e. The quantitative estimate of drug-likeness (QED) is 0.237. The summed E-state index contributed by atoms with van der Waals surface area (Å²) in [5.41, 5.74) is 8.21. The summed E-state index contributed by atoms with van der Waals surface area (Å²) >= 11 is 0. The summed E-state index contributed by atoms with van der Waals surface area (Å²) in [4.78, 5) is 4.94. The molecule has 0 amide bonds. The van der Waals surface area contributed by atoms with Crippen molar-refractivity contribution in [1.29, 1.82) is 0 Å². The van der Waals surface area contributed by atoms with Crippen molar-refractivity contribution >= 4 is 32.1 Å². The number of aromatic nitrogens is 1. The van der Waals surface area contributed by atoms with E-state index in [1.165, 1.54) is 20.0 Å². The van der Waals surface area contributed by atoms with Crippen molar-refractivity contribution in [3.8, 4) is 17.6 Å². The molecule has 254 valence electrons. The lowest BCUT2D eigenvalue weighted by molar-refractivity contribution is -0.143. The van der Waals surface area contributed by atoms with E-state index in [-0.39, 0.29) is 28.9 Å². The van der Waals surface area contributed by atoms with Crippen LogP contribution in [0.15, 0.2) is 47.4 Å². The second-order valence-electron chi connectivity index (χ2n) is 13.2. The Hall–Kier alpha value is -3.40. The van der Waals surface area contributed by atoms with E-state index in [0.29, 0.717) is 39.5 Å². The number of methoxy groups -OCH3 is 1. The molecule has 2 saturated heterocycles. The van der Waals surface area contributed by atoms with E-state index in [1.807, 2.05) is 0 Å². The van der Waals surface area contributed by atoms with Crippen molar-refractivity contribution in [2.45, 2.75) is 75.1 Å². The van der Waals surface area contributed by atoms with Crippen LogP contribution in [0.3, 0.4) is 0 Å². The number of hydrogen-bond acceptors (Lipinski definition) is 7. The second kappa shape index (κ2) is 13.2. The fourth-order valence-electron chi connectivity index (χ4n) is 7.42. The maximum atomic E-state index is 13.6. The van der Waals surface area contributed by atoms with Gasteiger partial charge in [0.1, 0.15) is 12.3 Å². The summed E-state index contributed by atoms with van der Waals surface area (Å²) in [6.07, 6.45) is 1.75. The van der Waals surface area contributed by atoms with Gasteiger partial charge in [0.05, 0.1) is 54.4 Å². The third-order valence-corrected chi connectivity index (χ3v) is 12.0. The highest BCUT2D eigenvalue weighted by Crippen LogP contribution is 2.41. The van der Waals surface area contributed by atoms with E-state index in [4.69, 9.17) is 15.2 Å². The summed E-state index contributed by atoms with van der Waals surface area (Å²) in [7, 11) is -1.95. The van der Waals surface area contributed by atoms with E-state index in [0.717, 1.165) is 56.6 Å². The molecular weight excluding hydrogens is 629 g/mol. The zero-order valence-electron chi connectivity index (χ0n) is 27.0. The van der Waals surface area contributed by atoms with Crippen LogP contribution in [0.25, 0.3) is 10.9 Å². The van der Waals surface area contributed by atoms with Gasteiger partial charge < -0.3 is 29.6 Å². The third-order valence-electron chi connectivity index (χ3n) is 10.3. The number of piperidine rings is 1. The smallest absolute Gasteiger partial charge is 0.406 e. The summed E-state index contributed by atoms with van der Waals surface area (Å²) in [5, 5.41) is 0.527. The van der Waals surface area contributed by atoms with Gasteiger partial charge in [-0.2, -0.15) is 13.2 Å². The van der Waals surface area contributed by atoms with Crippen LogP contribution < -0.4 is 15.4 Å². The van der Waals surface area contributed by atoms with E-state index >= 15 is 0 Å². The van der Waals surface area contributed by atoms with E-state index in [9.17, 15) is 21.6 Å². The van der Waals surface area contributed by atoms with Gasteiger partial charge >= 0.3 is 6.18 Å². The van der Waals surface area contributed by atoms with Crippen molar-refractivity contribution < 1.29 is 31.1 Å². The average Bonchev–Trinajstić information content (AvgIpc) is 3.39. The standard InChI is InChI=1S/C35H43F3N4O4S/c1-3-47(43,44)28-13-14-32(33(21-28)45-2)41(26-11-9-25(10-12-26)40-18-15-34(16-19-40)23-46-24-34)17-5-6-27-20-29-30(39)7-4-8-31(29)42(27)22-35(36,37)38/h4,7-8,13-14,20-21,25-26H,3,9-12,15-19,22-24,39H2,1-2H3. The number of anilines is 2. The van der Waals surface area contributed by atoms with Gasteiger partial charge in [-0.1, -0.05) is 18.9 Å². The summed E-state index contributed by atoms with van der Waals surface area (Å²) < 4.78 is 78.6. The van der Waals surface area contributed by atoms with Gasteiger partial charge in [-0.05, 0) is 87.9 Å². The largest absolute Gasteiger partial charge is 0.495 e. The molecule has 1 aliphatic carbocycles. The van der Waals surface area contributed by atoms with E-state index < -0.39 is 22.6 Å². The van der Waals surface area contributed by atoms with Crippen molar-refractivity contribution in [1.82, 2.24) is 9.47 Å². The molecule has 2 N–H and O–H groups in total. The van der Waals surface area contributed by atoms with Crippen LogP contribution in [-0.2, 0) is 21.1 Å². The molecule has 3 aliphatic rings. The van der Waals surface area contributed by atoms with Gasteiger partial charge in [-0.3, -0.25) is 0 Å². The molecule has 3 heterocycles. The molecule has 8 nitrogen and oxygen atoms in total. The Morgan fingerprint density at radius 3 is 2.43 bits per heavy atom.